The molecule has 11 rings (SSSR count). The van der Waals surface area contributed by atoms with Gasteiger partial charge in [-0.15, -0.1) is 0 Å². The summed E-state index contributed by atoms with van der Waals surface area (Å²) in [7, 11) is 0. The van der Waals surface area contributed by atoms with Crippen LogP contribution in [0.3, 0.4) is 0 Å². The van der Waals surface area contributed by atoms with Crippen LogP contribution in [0.15, 0.2) is 200 Å². The number of hydrogen-bond donors (Lipinski definition) is 0. The third-order valence-electron chi connectivity index (χ3n) is 11.9. The van der Waals surface area contributed by atoms with Gasteiger partial charge in [0, 0.05) is 55.6 Å². The van der Waals surface area contributed by atoms with Crippen molar-refractivity contribution in [2.75, 3.05) is 4.90 Å². The van der Waals surface area contributed by atoms with Crippen LogP contribution in [0.25, 0.3) is 66.5 Å². The number of anilines is 3. The summed E-state index contributed by atoms with van der Waals surface area (Å²) >= 11 is 0. The minimum atomic E-state index is -0.0859. The van der Waals surface area contributed by atoms with E-state index in [9.17, 15) is 0 Å². The molecular weight excluding hydrogens is 679 g/mol. The van der Waals surface area contributed by atoms with E-state index in [0.29, 0.717) is 0 Å². The van der Waals surface area contributed by atoms with Crippen molar-refractivity contribution in [3.05, 3.63) is 211 Å². The Kier molecular flexibility index (Phi) is 7.20. The molecule has 8 aromatic carbocycles. The highest BCUT2D eigenvalue weighted by Crippen LogP contribution is 2.51. The van der Waals surface area contributed by atoms with Gasteiger partial charge in [0.1, 0.15) is 5.65 Å². The molecule has 3 heteroatoms. The highest BCUT2D eigenvalue weighted by atomic mass is 15.1. The van der Waals surface area contributed by atoms with Crippen molar-refractivity contribution in [2.45, 2.75) is 19.3 Å². The van der Waals surface area contributed by atoms with E-state index < -0.39 is 0 Å². The van der Waals surface area contributed by atoms with Gasteiger partial charge in [-0.1, -0.05) is 147 Å². The van der Waals surface area contributed by atoms with E-state index in [-0.39, 0.29) is 5.41 Å². The molecule has 0 amide bonds. The molecule has 1 aliphatic rings. The summed E-state index contributed by atoms with van der Waals surface area (Å²) in [6.45, 7) is 4.70. The first-order chi connectivity index (χ1) is 27.6. The van der Waals surface area contributed by atoms with Gasteiger partial charge in [-0.3, -0.25) is 9.13 Å². The van der Waals surface area contributed by atoms with Gasteiger partial charge in [0.2, 0.25) is 0 Å². The lowest BCUT2D eigenvalue weighted by Crippen LogP contribution is -2.16. The van der Waals surface area contributed by atoms with Crippen LogP contribution in [-0.4, -0.2) is 9.13 Å². The van der Waals surface area contributed by atoms with Crippen LogP contribution in [0, 0.1) is 0 Å². The van der Waals surface area contributed by atoms with Crippen LogP contribution in [0.2, 0.25) is 0 Å². The molecule has 0 unspecified atom stereocenters. The quantitative estimate of drug-likeness (QED) is 0.167. The van der Waals surface area contributed by atoms with E-state index in [1.807, 2.05) is 0 Å². The number of hydrogen-bond acceptors (Lipinski definition) is 1. The minimum Gasteiger partial charge on any atom is -0.310 e. The maximum atomic E-state index is 2.47. The average Bonchev–Trinajstić information content (AvgIpc) is 3.85. The van der Waals surface area contributed by atoms with Gasteiger partial charge in [-0.05, 0) is 94.5 Å². The molecule has 0 N–H and O–H groups in total. The fraction of sp³-hybridized carbons (Fsp3) is 0.0566. The average molecular weight is 718 g/mol. The van der Waals surface area contributed by atoms with Crippen LogP contribution >= 0.6 is 0 Å². The maximum Gasteiger partial charge on any atom is 0.131 e. The summed E-state index contributed by atoms with van der Waals surface area (Å²) in [4.78, 5) is 2.39. The molecule has 2 heterocycles. The van der Waals surface area contributed by atoms with E-state index in [1.54, 1.807) is 0 Å². The monoisotopic (exact) mass is 717 g/mol. The second kappa shape index (κ2) is 12.5. The molecule has 10 aromatic rings. The zero-order chi connectivity index (χ0) is 37.4. The topological polar surface area (TPSA) is 13.1 Å². The van der Waals surface area contributed by atoms with Gasteiger partial charge >= 0.3 is 0 Å². The highest BCUT2D eigenvalue weighted by Gasteiger charge is 2.35. The number of fused-ring (bicyclic) bond motifs is 8. The van der Waals surface area contributed by atoms with Crippen molar-refractivity contribution in [1.82, 2.24) is 9.13 Å². The summed E-state index contributed by atoms with van der Waals surface area (Å²) in [5, 5.41) is 3.75. The van der Waals surface area contributed by atoms with E-state index in [1.165, 1.54) is 66.2 Å². The minimum absolute atomic E-state index is 0.0859. The molecule has 2 aromatic heterocycles. The number of rotatable bonds is 6. The molecule has 56 heavy (non-hydrogen) atoms. The summed E-state index contributed by atoms with van der Waals surface area (Å²) < 4.78 is 4.90. The number of aromatic nitrogens is 2. The zero-order valence-electron chi connectivity index (χ0n) is 31.4. The third-order valence-corrected chi connectivity index (χ3v) is 11.9. The van der Waals surface area contributed by atoms with E-state index in [4.69, 9.17) is 0 Å². The number of nitrogens with zero attached hydrogens (tertiary/aromatic N) is 3. The van der Waals surface area contributed by atoms with E-state index in [2.05, 4.69) is 228 Å². The van der Waals surface area contributed by atoms with Gasteiger partial charge in [0.25, 0.3) is 0 Å². The van der Waals surface area contributed by atoms with Gasteiger partial charge in [0.05, 0.1) is 11.0 Å². The number of para-hydroxylation sites is 5. The standard InChI is InChI=1S/C53H39N3/c1-53(2)47-27-14-12-23-43(47)44-34-33-41(35-48(44)53)54(37-17-6-3-7-18-37)40-31-29-36(30-32-40)42-25-16-26-46-50-45-24-13-15-28-49(45)55(38-19-8-4-9-20-38)52(50)56(51(42)46)39-21-10-5-11-22-39/h3-35H,1-2H3. The van der Waals surface area contributed by atoms with Crippen molar-refractivity contribution in [3.8, 4) is 33.6 Å². The van der Waals surface area contributed by atoms with Crippen LogP contribution in [-0.2, 0) is 5.41 Å². The number of benzene rings is 8. The van der Waals surface area contributed by atoms with Crippen molar-refractivity contribution in [3.63, 3.8) is 0 Å². The predicted molar refractivity (Wildman–Crippen MR) is 235 cm³/mol. The molecule has 0 aliphatic heterocycles. The summed E-state index contributed by atoms with van der Waals surface area (Å²) in [6, 6.07) is 72.9. The largest absolute Gasteiger partial charge is 0.310 e. The van der Waals surface area contributed by atoms with Crippen molar-refractivity contribution >= 4 is 49.9 Å². The van der Waals surface area contributed by atoms with Crippen molar-refractivity contribution in [1.29, 1.82) is 0 Å². The zero-order valence-corrected chi connectivity index (χ0v) is 31.4. The maximum absolute atomic E-state index is 2.47. The van der Waals surface area contributed by atoms with E-state index >= 15 is 0 Å². The normalized spacial score (nSPS) is 13.0. The second-order valence-corrected chi connectivity index (χ2v) is 15.4. The van der Waals surface area contributed by atoms with Gasteiger partial charge < -0.3 is 4.90 Å². The Morgan fingerprint density at radius 2 is 0.964 bits per heavy atom. The van der Waals surface area contributed by atoms with Crippen LogP contribution < -0.4 is 4.90 Å². The summed E-state index contributed by atoms with van der Waals surface area (Å²) in [5.74, 6) is 0. The Bertz CT molecular complexity index is 3080. The molecule has 0 bridgehead atoms. The fourth-order valence-electron chi connectivity index (χ4n) is 9.34. The first kappa shape index (κ1) is 32.3. The fourth-order valence-corrected chi connectivity index (χ4v) is 9.34. The summed E-state index contributed by atoms with van der Waals surface area (Å²) in [5.41, 5.74) is 16.9. The highest BCUT2D eigenvalue weighted by molar-refractivity contribution is 6.24. The van der Waals surface area contributed by atoms with Gasteiger partial charge in [-0.2, -0.15) is 0 Å². The Hall–Kier alpha value is -7.10. The first-order valence-corrected chi connectivity index (χ1v) is 19.5. The molecular formula is C53H39N3. The van der Waals surface area contributed by atoms with Crippen LogP contribution in [0.1, 0.15) is 25.0 Å². The lowest BCUT2D eigenvalue weighted by Gasteiger charge is -2.28. The molecule has 0 fully saturated rings. The molecule has 0 saturated heterocycles. The molecule has 0 atom stereocenters. The Balaban J connectivity index is 1.11. The van der Waals surface area contributed by atoms with Crippen LogP contribution in [0.4, 0.5) is 17.1 Å². The van der Waals surface area contributed by atoms with Crippen molar-refractivity contribution in [2.24, 2.45) is 0 Å². The first-order valence-electron chi connectivity index (χ1n) is 19.5. The van der Waals surface area contributed by atoms with Crippen molar-refractivity contribution < 1.29 is 0 Å². The Morgan fingerprint density at radius 3 is 1.71 bits per heavy atom. The predicted octanol–water partition coefficient (Wildman–Crippen LogP) is 14.2. The molecule has 1 aliphatic carbocycles. The van der Waals surface area contributed by atoms with Gasteiger partial charge in [0.15, 0.2) is 0 Å². The van der Waals surface area contributed by atoms with E-state index in [0.717, 1.165) is 28.4 Å². The Morgan fingerprint density at radius 1 is 0.411 bits per heavy atom. The third kappa shape index (κ3) is 4.77. The summed E-state index contributed by atoms with van der Waals surface area (Å²) in [6.07, 6.45) is 0. The molecule has 0 radical (unpaired) electrons. The lowest BCUT2D eigenvalue weighted by atomic mass is 9.82. The Labute approximate surface area is 327 Å². The lowest BCUT2D eigenvalue weighted by molar-refractivity contribution is 0.660. The second-order valence-electron chi connectivity index (χ2n) is 15.4. The smallest absolute Gasteiger partial charge is 0.131 e. The molecule has 3 nitrogen and oxygen atoms in total. The molecule has 0 spiro atoms. The molecule has 266 valence electrons. The van der Waals surface area contributed by atoms with Crippen LogP contribution in [0.5, 0.6) is 0 Å². The van der Waals surface area contributed by atoms with Gasteiger partial charge in [-0.25, -0.2) is 0 Å². The SMILES string of the molecule is CC1(C)c2ccccc2-c2ccc(N(c3ccccc3)c3ccc(-c4cccc5c6c7ccccc7n(-c7ccccc7)c6n(-c6ccccc6)c45)cc3)cc21. The molecule has 0 saturated carbocycles.